The third-order valence-corrected chi connectivity index (χ3v) is 3.29. The van der Waals surface area contributed by atoms with Crippen molar-refractivity contribution in [3.63, 3.8) is 0 Å². The Bertz CT molecular complexity index is 611. The molecule has 21 heavy (non-hydrogen) atoms. The molecule has 0 radical (unpaired) electrons. The van der Waals surface area contributed by atoms with Gasteiger partial charge in [0.15, 0.2) is 0 Å². The zero-order chi connectivity index (χ0) is 15.2. The van der Waals surface area contributed by atoms with E-state index in [0.717, 1.165) is 16.7 Å². The summed E-state index contributed by atoms with van der Waals surface area (Å²) in [6, 6.07) is 14.9. The third kappa shape index (κ3) is 3.73. The number of benzene rings is 2. The quantitative estimate of drug-likeness (QED) is 0.797. The number of carboxylic acids is 1. The second kappa shape index (κ2) is 6.76. The minimum absolute atomic E-state index is 0.250. The van der Waals surface area contributed by atoms with Gasteiger partial charge in [-0.2, -0.15) is 0 Å². The standard InChI is InChI=1S/C16H16N2O3/c17-14(16(19)20)10-11-6-8-13(9-7-11)15(18-21)12-4-2-1-3-5-12/h1-9,14-15H,10,17H2,(H,19,20)/t14-,15?/m0/s1. The number of aliphatic carboxylic acids is 1. The van der Waals surface area contributed by atoms with Gasteiger partial charge in [0.2, 0.25) is 0 Å². The van der Waals surface area contributed by atoms with Crippen molar-refractivity contribution in [3.8, 4) is 0 Å². The lowest BCUT2D eigenvalue weighted by Gasteiger charge is -2.11. The van der Waals surface area contributed by atoms with Gasteiger partial charge in [-0.15, -0.1) is 4.91 Å². The molecule has 0 amide bonds. The van der Waals surface area contributed by atoms with E-state index in [1.807, 2.05) is 30.3 Å². The fourth-order valence-corrected chi connectivity index (χ4v) is 2.13. The molecule has 2 atom stereocenters. The SMILES string of the molecule is N[C@@H](Cc1ccc(C(N=O)c2ccccc2)cc1)C(=O)O. The summed E-state index contributed by atoms with van der Waals surface area (Å²) in [7, 11) is 0. The highest BCUT2D eigenvalue weighted by atomic mass is 16.4. The normalized spacial score (nSPS) is 13.4. The first-order valence-electron chi connectivity index (χ1n) is 6.56. The number of nitrogens with zero attached hydrogens (tertiary/aromatic N) is 1. The van der Waals surface area contributed by atoms with Crippen molar-refractivity contribution in [3.05, 3.63) is 76.2 Å². The van der Waals surface area contributed by atoms with Crippen LogP contribution in [0.4, 0.5) is 0 Å². The molecule has 0 bridgehead atoms. The highest BCUT2D eigenvalue weighted by Gasteiger charge is 2.15. The molecule has 108 valence electrons. The summed E-state index contributed by atoms with van der Waals surface area (Å²) in [6.07, 6.45) is 0.250. The van der Waals surface area contributed by atoms with Crippen LogP contribution in [0.3, 0.4) is 0 Å². The van der Waals surface area contributed by atoms with Crippen LogP contribution >= 0.6 is 0 Å². The van der Waals surface area contributed by atoms with Crippen molar-refractivity contribution in [2.24, 2.45) is 10.9 Å². The monoisotopic (exact) mass is 284 g/mol. The molecule has 0 aliphatic heterocycles. The van der Waals surface area contributed by atoms with Crippen LogP contribution in [-0.2, 0) is 11.2 Å². The summed E-state index contributed by atoms with van der Waals surface area (Å²) in [5, 5.41) is 12.0. The average molecular weight is 284 g/mol. The van der Waals surface area contributed by atoms with Crippen molar-refractivity contribution in [1.29, 1.82) is 0 Å². The van der Waals surface area contributed by atoms with Gasteiger partial charge < -0.3 is 10.8 Å². The van der Waals surface area contributed by atoms with Crippen molar-refractivity contribution in [2.45, 2.75) is 18.5 Å². The van der Waals surface area contributed by atoms with E-state index in [-0.39, 0.29) is 6.42 Å². The van der Waals surface area contributed by atoms with E-state index < -0.39 is 18.1 Å². The van der Waals surface area contributed by atoms with E-state index in [4.69, 9.17) is 10.8 Å². The van der Waals surface area contributed by atoms with Gasteiger partial charge in [0.05, 0.1) is 0 Å². The fourth-order valence-electron chi connectivity index (χ4n) is 2.13. The molecule has 3 N–H and O–H groups in total. The number of hydrogen-bond acceptors (Lipinski definition) is 4. The Balaban J connectivity index is 2.17. The molecule has 5 nitrogen and oxygen atoms in total. The fraction of sp³-hybridized carbons (Fsp3) is 0.188. The van der Waals surface area contributed by atoms with Crippen LogP contribution in [0.1, 0.15) is 22.7 Å². The average Bonchev–Trinajstić information content (AvgIpc) is 2.50. The van der Waals surface area contributed by atoms with Crippen molar-refractivity contribution in [2.75, 3.05) is 0 Å². The molecule has 0 saturated heterocycles. The summed E-state index contributed by atoms with van der Waals surface area (Å²) < 4.78 is 0. The maximum atomic E-state index is 11.1. The van der Waals surface area contributed by atoms with E-state index in [1.54, 1.807) is 24.3 Å². The smallest absolute Gasteiger partial charge is 0.320 e. The lowest BCUT2D eigenvalue weighted by atomic mass is 9.97. The second-order valence-corrected chi connectivity index (χ2v) is 4.81. The summed E-state index contributed by atoms with van der Waals surface area (Å²) in [4.78, 5) is 21.8. The maximum absolute atomic E-state index is 11.1. The minimum atomic E-state index is -1.03. The van der Waals surface area contributed by atoms with Gasteiger partial charge in [0, 0.05) is 0 Å². The molecule has 0 fully saturated rings. The second-order valence-electron chi connectivity index (χ2n) is 4.81. The van der Waals surface area contributed by atoms with E-state index in [9.17, 15) is 9.70 Å². The topological polar surface area (TPSA) is 92.8 Å². The first-order valence-corrected chi connectivity index (χ1v) is 6.56. The van der Waals surface area contributed by atoms with Crippen molar-refractivity contribution < 1.29 is 9.90 Å². The van der Waals surface area contributed by atoms with E-state index in [2.05, 4.69) is 5.18 Å². The summed E-state index contributed by atoms with van der Waals surface area (Å²) in [5.41, 5.74) is 7.90. The van der Waals surface area contributed by atoms with Crippen LogP contribution in [0.5, 0.6) is 0 Å². The molecule has 0 spiro atoms. The molecular weight excluding hydrogens is 268 g/mol. The highest BCUT2D eigenvalue weighted by molar-refractivity contribution is 5.73. The Hall–Kier alpha value is -2.53. The minimum Gasteiger partial charge on any atom is -0.480 e. The van der Waals surface area contributed by atoms with Crippen LogP contribution in [0.2, 0.25) is 0 Å². The largest absolute Gasteiger partial charge is 0.480 e. The van der Waals surface area contributed by atoms with Crippen LogP contribution in [0, 0.1) is 4.91 Å². The molecule has 2 aromatic rings. The van der Waals surface area contributed by atoms with Crippen LogP contribution in [-0.4, -0.2) is 17.1 Å². The summed E-state index contributed by atoms with van der Waals surface area (Å²) in [6.45, 7) is 0. The first-order chi connectivity index (χ1) is 10.1. The number of hydrogen-bond donors (Lipinski definition) is 2. The van der Waals surface area contributed by atoms with Gasteiger partial charge in [0.1, 0.15) is 12.1 Å². The van der Waals surface area contributed by atoms with Gasteiger partial charge in [0.25, 0.3) is 0 Å². The molecule has 0 aliphatic rings. The zero-order valence-electron chi connectivity index (χ0n) is 11.3. The Labute approximate surface area is 122 Å². The van der Waals surface area contributed by atoms with E-state index >= 15 is 0 Å². The predicted octanol–water partition coefficient (Wildman–Crippen LogP) is 2.50. The van der Waals surface area contributed by atoms with E-state index in [0.29, 0.717) is 0 Å². The van der Waals surface area contributed by atoms with Crippen molar-refractivity contribution in [1.82, 2.24) is 0 Å². The Morgan fingerprint density at radius 2 is 1.62 bits per heavy atom. The number of rotatable bonds is 6. The number of nitroso groups, excluding NO2 is 1. The lowest BCUT2D eigenvalue weighted by Crippen LogP contribution is -2.32. The Morgan fingerprint density at radius 1 is 1.05 bits per heavy atom. The van der Waals surface area contributed by atoms with Gasteiger partial charge in [-0.1, -0.05) is 59.8 Å². The van der Waals surface area contributed by atoms with Crippen LogP contribution in [0.15, 0.2) is 59.8 Å². The zero-order valence-corrected chi connectivity index (χ0v) is 11.3. The van der Waals surface area contributed by atoms with Gasteiger partial charge in [-0.3, -0.25) is 4.79 Å². The molecule has 0 saturated carbocycles. The Morgan fingerprint density at radius 3 is 2.14 bits per heavy atom. The van der Waals surface area contributed by atoms with Crippen molar-refractivity contribution >= 4 is 5.97 Å². The lowest BCUT2D eigenvalue weighted by molar-refractivity contribution is -0.138. The van der Waals surface area contributed by atoms with Gasteiger partial charge in [-0.25, -0.2) is 0 Å². The summed E-state index contributed by atoms with van der Waals surface area (Å²) in [5.74, 6) is -1.03. The molecular formula is C16H16N2O3. The molecule has 5 heteroatoms. The molecule has 2 aromatic carbocycles. The number of nitrogens with two attached hydrogens (primary N) is 1. The maximum Gasteiger partial charge on any atom is 0.320 e. The number of carboxylic acid groups (broad SMARTS) is 1. The predicted molar refractivity (Wildman–Crippen MR) is 79.8 cm³/mol. The van der Waals surface area contributed by atoms with Gasteiger partial charge >= 0.3 is 5.97 Å². The molecule has 0 aromatic heterocycles. The third-order valence-electron chi connectivity index (χ3n) is 3.29. The number of carbonyl (C=O) groups is 1. The van der Waals surface area contributed by atoms with Crippen LogP contribution in [0.25, 0.3) is 0 Å². The highest BCUT2D eigenvalue weighted by Crippen LogP contribution is 2.26. The molecule has 1 unspecified atom stereocenters. The Kier molecular flexibility index (Phi) is 4.79. The van der Waals surface area contributed by atoms with E-state index in [1.165, 1.54) is 0 Å². The summed E-state index contributed by atoms with van der Waals surface area (Å²) >= 11 is 0. The molecule has 0 aliphatic carbocycles. The van der Waals surface area contributed by atoms with Gasteiger partial charge in [-0.05, 0) is 23.1 Å². The molecule has 0 heterocycles. The van der Waals surface area contributed by atoms with Crippen LogP contribution < -0.4 is 5.73 Å². The first kappa shape index (κ1) is 14.9. The molecule has 2 rings (SSSR count).